The zero-order valence-corrected chi connectivity index (χ0v) is 10.9. The number of rotatable bonds is 5. The van der Waals surface area contributed by atoms with E-state index in [1.807, 2.05) is 6.07 Å². The SMILES string of the molecule is COC(CNC(=O)c1cc2c(s1)CCC2)C(=O)O. The van der Waals surface area contributed by atoms with E-state index in [4.69, 9.17) is 9.84 Å². The summed E-state index contributed by atoms with van der Waals surface area (Å²) >= 11 is 1.50. The highest BCUT2D eigenvalue weighted by Gasteiger charge is 2.21. The second-order valence-electron chi connectivity index (χ2n) is 4.19. The van der Waals surface area contributed by atoms with E-state index in [1.54, 1.807) is 0 Å². The Hall–Kier alpha value is -1.40. The maximum atomic E-state index is 11.8. The maximum absolute atomic E-state index is 11.8. The van der Waals surface area contributed by atoms with Gasteiger partial charge in [0.15, 0.2) is 6.10 Å². The lowest BCUT2D eigenvalue weighted by Crippen LogP contribution is -2.37. The van der Waals surface area contributed by atoms with Crippen LogP contribution in [0.1, 0.15) is 26.5 Å². The Kier molecular flexibility index (Phi) is 3.98. The first-order chi connectivity index (χ1) is 8.61. The maximum Gasteiger partial charge on any atom is 0.334 e. The Balaban J connectivity index is 1.93. The molecule has 0 aliphatic heterocycles. The number of fused-ring (bicyclic) bond motifs is 1. The van der Waals surface area contributed by atoms with E-state index in [-0.39, 0.29) is 12.5 Å². The third kappa shape index (κ3) is 2.70. The summed E-state index contributed by atoms with van der Waals surface area (Å²) in [6.45, 7) is -0.0206. The fourth-order valence-corrected chi connectivity index (χ4v) is 3.15. The van der Waals surface area contributed by atoms with Crippen LogP contribution >= 0.6 is 11.3 Å². The van der Waals surface area contributed by atoms with Crippen molar-refractivity contribution >= 4 is 23.2 Å². The minimum Gasteiger partial charge on any atom is -0.479 e. The number of carbonyl (C=O) groups excluding carboxylic acids is 1. The average Bonchev–Trinajstić information content (AvgIpc) is 2.88. The molecule has 2 N–H and O–H groups in total. The van der Waals surface area contributed by atoms with Gasteiger partial charge in [0, 0.05) is 12.0 Å². The number of carboxylic acids is 1. The molecular weight excluding hydrogens is 254 g/mol. The van der Waals surface area contributed by atoms with Crippen molar-refractivity contribution in [3.8, 4) is 0 Å². The normalized spacial score (nSPS) is 15.2. The Labute approximate surface area is 109 Å². The van der Waals surface area contributed by atoms with Crippen molar-refractivity contribution in [1.29, 1.82) is 0 Å². The van der Waals surface area contributed by atoms with E-state index in [2.05, 4.69) is 5.32 Å². The summed E-state index contributed by atoms with van der Waals surface area (Å²) in [6, 6.07) is 1.91. The van der Waals surface area contributed by atoms with Gasteiger partial charge in [-0.25, -0.2) is 4.79 Å². The number of carbonyl (C=O) groups is 2. The molecule has 1 heterocycles. The van der Waals surface area contributed by atoms with Crippen LogP contribution in [0.25, 0.3) is 0 Å². The van der Waals surface area contributed by atoms with E-state index >= 15 is 0 Å². The van der Waals surface area contributed by atoms with Crippen LogP contribution in [0, 0.1) is 0 Å². The molecule has 1 atom stereocenters. The van der Waals surface area contributed by atoms with Crippen molar-refractivity contribution in [3.63, 3.8) is 0 Å². The second-order valence-corrected chi connectivity index (χ2v) is 5.32. The lowest BCUT2D eigenvalue weighted by atomic mass is 10.2. The van der Waals surface area contributed by atoms with Gasteiger partial charge in [-0.15, -0.1) is 11.3 Å². The van der Waals surface area contributed by atoms with Gasteiger partial charge in [0.1, 0.15) is 0 Å². The van der Waals surface area contributed by atoms with E-state index in [1.165, 1.54) is 28.9 Å². The van der Waals surface area contributed by atoms with Gasteiger partial charge in [-0.05, 0) is 30.9 Å². The largest absolute Gasteiger partial charge is 0.479 e. The highest BCUT2D eigenvalue weighted by molar-refractivity contribution is 7.14. The minimum absolute atomic E-state index is 0.0206. The summed E-state index contributed by atoms with van der Waals surface area (Å²) in [5.74, 6) is -1.30. The number of thiophene rings is 1. The van der Waals surface area contributed by atoms with Crippen LogP contribution in [-0.2, 0) is 22.4 Å². The molecule has 98 valence electrons. The molecular formula is C12H15NO4S. The van der Waals surface area contributed by atoms with Crippen LogP contribution in [0.4, 0.5) is 0 Å². The molecule has 1 unspecified atom stereocenters. The Morgan fingerprint density at radius 3 is 2.94 bits per heavy atom. The van der Waals surface area contributed by atoms with Gasteiger partial charge < -0.3 is 15.2 Å². The number of amides is 1. The Morgan fingerprint density at radius 1 is 1.56 bits per heavy atom. The lowest BCUT2D eigenvalue weighted by molar-refractivity contribution is -0.147. The molecule has 0 saturated carbocycles. The first kappa shape index (κ1) is 13.0. The van der Waals surface area contributed by atoms with E-state index in [0.717, 1.165) is 19.3 Å². The summed E-state index contributed by atoms with van der Waals surface area (Å²) in [5, 5.41) is 11.4. The van der Waals surface area contributed by atoms with Gasteiger partial charge in [0.2, 0.25) is 0 Å². The summed E-state index contributed by atoms with van der Waals surface area (Å²) in [7, 11) is 1.31. The predicted octanol–water partition coefficient (Wildman–Crippen LogP) is 1.07. The van der Waals surface area contributed by atoms with E-state index < -0.39 is 12.1 Å². The van der Waals surface area contributed by atoms with Crippen LogP contribution < -0.4 is 5.32 Å². The molecule has 1 aliphatic rings. The van der Waals surface area contributed by atoms with Crippen LogP contribution in [0.5, 0.6) is 0 Å². The minimum atomic E-state index is -1.08. The summed E-state index contributed by atoms with van der Waals surface area (Å²) in [6.07, 6.45) is 2.24. The monoisotopic (exact) mass is 269 g/mol. The van der Waals surface area contributed by atoms with Gasteiger partial charge in [-0.3, -0.25) is 4.79 Å². The number of ether oxygens (including phenoxy) is 1. The smallest absolute Gasteiger partial charge is 0.334 e. The fraction of sp³-hybridized carbons (Fsp3) is 0.500. The van der Waals surface area contributed by atoms with Gasteiger partial charge in [-0.2, -0.15) is 0 Å². The zero-order chi connectivity index (χ0) is 13.1. The van der Waals surface area contributed by atoms with Crippen LogP contribution in [-0.4, -0.2) is 36.7 Å². The van der Waals surface area contributed by atoms with Crippen molar-refractivity contribution in [2.45, 2.75) is 25.4 Å². The number of hydrogen-bond donors (Lipinski definition) is 2. The van der Waals surface area contributed by atoms with Crippen molar-refractivity contribution in [2.24, 2.45) is 0 Å². The molecule has 1 amide bonds. The molecule has 18 heavy (non-hydrogen) atoms. The average molecular weight is 269 g/mol. The van der Waals surface area contributed by atoms with Crippen LogP contribution in [0.2, 0.25) is 0 Å². The van der Waals surface area contributed by atoms with E-state index in [0.29, 0.717) is 4.88 Å². The number of nitrogens with one attached hydrogen (secondary N) is 1. The molecule has 0 radical (unpaired) electrons. The predicted molar refractivity (Wildman–Crippen MR) is 67.1 cm³/mol. The third-order valence-electron chi connectivity index (χ3n) is 2.98. The third-order valence-corrected chi connectivity index (χ3v) is 4.21. The van der Waals surface area contributed by atoms with E-state index in [9.17, 15) is 9.59 Å². The molecule has 0 fully saturated rings. The summed E-state index contributed by atoms with van der Waals surface area (Å²) in [4.78, 5) is 24.5. The molecule has 1 aromatic rings. The van der Waals surface area contributed by atoms with Gasteiger partial charge in [0.25, 0.3) is 5.91 Å². The molecule has 0 bridgehead atoms. The quantitative estimate of drug-likeness (QED) is 0.838. The van der Waals surface area contributed by atoms with Gasteiger partial charge in [-0.1, -0.05) is 0 Å². The van der Waals surface area contributed by atoms with Crippen molar-refractivity contribution in [2.75, 3.05) is 13.7 Å². The number of aryl methyl sites for hydroxylation is 2. The summed E-state index contributed by atoms with van der Waals surface area (Å²) in [5.41, 5.74) is 1.26. The molecule has 1 aromatic heterocycles. The Bertz CT molecular complexity index is 447. The highest BCUT2D eigenvalue weighted by atomic mass is 32.1. The fourth-order valence-electron chi connectivity index (χ4n) is 1.98. The number of aliphatic carboxylic acids is 1. The summed E-state index contributed by atoms with van der Waals surface area (Å²) < 4.78 is 4.75. The topological polar surface area (TPSA) is 75.6 Å². The molecule has 0 aromatic carbocycles. The zero-order valence-electron chi connectivity index (χ0n) is 10.1. The molecule has 2 rings (SSSR count). The molecule has 0 spiro atoms. The van der Waals surface area contributed by atoms with Crippen LogP contribution in [0.3, 0.4) is 0 Å². The van der Waals surface area contributed by atoms with Crippen LogP contribution in [0.15, 0.2) is 6.07 Å². The molecule has 0 saturated heterocycles. The lowest BCUT2D eigenvalue weighted by Gasteiger charge is -2.10. The highest BCUT2D eigenvalue weighted by Crippen LogP contribution is 2.30. The second kappa shape index (κ2) is 5.49. The van der Waals surface area contributed by atoms with Crippen molar-refractivity contribution < 1.29 is 19.4 Å². The first-order valence-electron chi connectivity index (χ1n) is 5.77. The van der Waals surface area contributed by atoms with Crippen molar-refractivity contribution in [1.82, 2.24) is 5.32 Å². The number of carboxylic acid groups (broad SMARTS) is 1. The van der Waals surface area contributed by atoms with Gasteiger partial charge in [0.05, 0.1) is 11.4 Å². The first-order valence-corrected chi connectivity index (χ1v) is 6.59. The number of methoxy groups -OCH3 is 1. The van der Waals surface area contributed by atoms with Gasteiger partial charge >= 0.3 is 5.97 Å². The molecule has 6 heteroatoms. The molecule has 5 nitrogen and oxygen atoms in total. The standard InChI is InChI=1S/C12H15NO4S/c1-17-8(12(15)16)6-13-11(14)10-5-7-3-2-4-9(7)18-10/h5,8H,2-4,6H2,1H3,(H,13,14)(H,15,16). The number of hydrogen-bond acceptors (Lipinski definition) is 4. The van der Waals surface area contributed by atoms with Crippen molar-refractivity contribution in [3.05, 3.63) is 21.4 Å². The molecule has 1 aliphatic carbocycles. The Morgan fingerprint density at radius 2 is 2.33 bits per heavy atom.